The summed E-state index contributed by atoms with van der Waals surface area (Å²) in [7, 11) is 0. The number of hydrogen-bond donors (Lipinski definition) is 1. The van der Waals surface area contributed by atoms with E-state index < -0.39 is 24.1 Å². The standard InChI is InChI=1S/C16H29O4P2S2/c1-15(2)17-9-7-21(5,23)13(11(9)19-15)14-12-10(8-22(14,6)24)18-16(3,4)20-12/h9-14,23H,7-8H2,1-6H3/q+1/t9?,10-,11+,12+,13-,14-,21?,22-/m1/s1. The molecular formula is C16H29O4P2S2+. The topological polar surface area (TPSA) is 36.9 Å². The van der Waals surface area contributed by atoms with Gasteiger partial charge in [0.1, 0.15) is 17.9 Å². The molecular weight excluding hydrogens is 382 g/mol. The highest BCUT2D eigenvalue weighted by Gasteiger charge is 2.70. The Balaban J connectivity index is 1.71. The van der Waals surface area contributed by atoms with Crippen LogP contribution in [0.2, 0.25) is 0 Å². The predicted octanol–water partition coefficient (Wildman–Crippen LogP) is 3.39. The first-order valence-corrected chi connectivity index (χ1v) is 15.8. The Kier molecular flexibility index (Phi) is 4.20. The van der Waals surface area contributed by atoms with E-state index in [-0.39, 0.29) is 24.4 Å². The van der Waals surface area contributed by atoms with Gasteiger partial charge < -0.3 is 18.9 Å². The van der Waals surface area contributed by atoms with E-state index in [1.54, 1.807) is 0 Å². The highest BCUT2D eigenvalue weighted by molar-refractivity contribution is 8.53. The highest BCUT2D eigenvalue weighted by atomic mass is 32.7. The summed E-state index contributed by atoms with van der Waals surface area (Å²) in [6.45, 7) is 11.1. The van der Waals surface area contributed by atoms with Crippen LogP contribution in [0.25, 0.3) is 0 Å². The fourth-order valence-corrected chi connectivity index (χ4v) is 16.0. The molecule has 4 aliphatic heterocycles. The molecule has 0 bridgehead atoms. The van der Waals surface area contributed by atoms with Crippen LogP contribution in [0.15, 0.2) is 0 Å². The van der Waals surface area contributed by atoms with E-state index in [9.17, 15) is 0 Å². The van der Waals surface area contributed by atoms with Gasteiger partial charge in [-0.05, 0) is 40.4 Å². The van der Waals surface area contributed by atoms with Crippen LogP contribution in [-0.2, 0) is 30.8 Å². The van der Waals surface area contributed by atoms with Crippen LogP contribution in [-0.4, -0.2) is 73.0 Å². The second-order valence-corrected chi connectivity index (χ2v) is 21.0. The first-order valence-electron chi connectivity index (χ1n) is 8.67. The number of fused-ring (bicyclic) bond motifs is 2. The minimum absolute atomic E-state index is 0.0818. The van der Waals surface area contributed by atoms with Crippen molar-refractivity contribution in [2.45, 2.75) is 75.0 Å². The molecule has 0 spiro atoms. The average molecular weight is 411 g/mol. The Hall–Kier alpha value is 1.27. The molecule has 2 unspecified atom stereocenters. The Morgan fingerprint density at radius 2 is 1.54 bits per heavy atom. The zero-order valence-corrected chi connectivity index (χ0v) is 18.8. The molecule has 8 atom stereocenters. The summed E-state index contributed by atoms with van der Waals surface area (Å²) in [4.78, 5) is 0. The molecule has 0 aromatic heterocycles. The molecule has 0 aromatic carbocycles. The van der Waals surface area contributed by atoms with Gasteiger partial charge in [-0.15, -0.1) is 0 Å². The molecule has 4 nitrogen and oxygen atoms in total. The lowest BCUT2D eigenvalue weighted by Gasteiger charge is -2.36. The lowest BCUT2D eigenvalue weighted by atomic mass is 10.0. The second kappa shape index (κ2) is 5.41. The van der Waals surface area contributed by atoms with Gasteiger partial charge in [0.2, 0.25) is 0 Å². The normalized spacial score (nSPS) is 58.0. The van der Waals surface area contributed by atoms with Crippen LogP contribution < -0.4 is 0 Å². The fourth-order valence-electron chi connectivity index (χ4n) is 5.22. The summed E-state index contributed by atoms with van der Waals surface area (Å²) in [5.74, 6) is -1.03. The summed E-state index contributed by atoms with van der Waals surface area (Å²) in [5.41, 5.74) is 0.665. The molecule has 138 valence electrons. The molecule has 0 N–H and O–H groups in total. The third kappa shape index (κ3) is 2.88. The van der Waals surface area contributed by atoms with Crippen LogP contribution in [0, 0.1) is 0 Å². The van der Waals surface area contributed by atoms with Crippen LogP contribution >= 0.6 is 24.8 Å². The van der Waals surface area contributed by atoms with Crippen LogP contribution in [0.1, 0.15) is 27.7 Å². The molecule has 8 heteroatoms. The summed E-state index contributed by atoms with van der Waals surface area (Å²) < 4.78 is 25.1. The maximum absolute atomic E-state index is 6.36. The molecule has 0 radical (unpaired) electrons. The third-order valence-corrected chi connectivity index (χ3v) is 14.5. The first kappa shape index (κ1) is 18.6. The van der Waals surface area contributed by atoms with Crippen molar-refractivity contribution in [1.29, 1.82) is 0 Å². The molecule has 0 aromatic rings. The SMILES string of the molecule is CC1(C)O[C@@H]2[C@H]([C@H]3[C@H]4OC(C)(C)OC4C[P+]3(C)S)[P@](C)(=S)C[C@H]2O1. The highest BCUT2D eigenvalue weighted by Crippen LogP contribution is 2.78. The van der Waals surface area contributed by atoms with Crippen molar-refractivity contribution in [3.05, 3.63) is 0 Å². The summed E-state index contributed by atoms with van der Waals surface area (Å²) in [6, 6.07) is -1.58. The Labute approximate surface area is 156 Å². The minimum Gasteiger partial charge on any atom is -0.344 e. The van der Waals surface area contributed by atoms with E-state index >= 15 is 0 Å². The molecule has 4 saturated heterocycles. The Morgan fingerprint density at radius 3 is 2.17 bits per heavy atom. The maximum Gasteiger partial charge on any atom is 0.164 e. The van der Waals surface area contributed by atoms with Gasteiger partial charge >= 0.3 is 0 Å². The lowest BCUT2D eigenvalue weighted by molar-refractivity contribution is -0.151. The smallest absolute Gasteiger partial charge is 0.164 e. The zero-order valence-electron chi connectivity index (χ0n) is 15.3. The maximum atomic E-state index is 6.36. The number of hydrogen-bond acceptors (Lipinski definition) is 6. The molecule has 0 amide bonds. The lowest BCUT2D eigenvalue weighted by Crippen LogP contribution is -2.43. The first-order chi connectivity index (χ1) is 10.8. The fraction of sp³-hybridized carbons (Fsp3) is 1.00. The van der Waals surface area contributed by atoms with Crippen molar-refractivity contribution >= 4 is 36.6 Å². The minimum atomic E-state index is -1.58. The van der Waals surface area contributed by atoms with Crippen molar-refractivity contribution in [3.8, 4) is 0 Å². The van der Waals surface area contributed by atoms with Gasteiger partial charge in [0.25, 0.3) is 0 Å². The van der Waals surface area contributed by atoms with Gasteiger partial charge in [-0.25, -0.2) is 0 Å². The van der Waals surface area contributed by atoms with E-state index in [4.69, 9.17) is 43.0 Å². The van der Waals surface area contributed by atoms with E-state index in [0.717, 1.165) is 12.3 Å². The van der Waals surface area contributed by atoms with Gasteiger partial charge in [-0.2, -0.15) is 0 Å². The van der Waals surface area contributed by atoms with Crippen molar-refractivity contribution in [1.82, 2.24) is 0 Å². The molecule has 4 aliphatic rings. The van der Waals surface area contributed by atoms with Crippen LogP contribution in [0.5, 0.6) is 0 Å². The van der Waals surface area contributed by atoms with Gasteiger partial charge in [0.05, 0.1) is 37.2 Å². The van der Waals surface area contributed by atoms with E-state index in [2.05, 4.69) is 13.3 Å². The summed E-state index contributed by atoms with van der Waals surface area (Å²) in [6.07, 6.45) is 2.41. The van der Waals surface area contributed by atoms with Crippen molar-refractivity contribution < 1.29 is 18.9 Å². The van der Waals surface area contributed by atoms with Gasteiger partial charge in [-0.3, -0.25) is 0 Å². The van der Waals surface area contributed by atoms with Crippen LogP contribution in [0.3, 0.4) is 0 Å². The molecule has 0 saturated carbocycles. The van der Waals surface area contributed by atoms with Crippen molar-refractivity contribution in [3.63, 3.8) is 0 Å². The molecule has 4 rings (SSSR count). The molecule has 4 fully saturated rings. The summed E-state index contributed by atoms with van der Waals surface area (Å²) >= 11 is 11.3. The van der Waals surface area contributed by atoms with Gasteiger partial charge in [-0.1, -0.05) is 11.8 Å². The summed E-state index contributed by atoms with van der Waals surface area (Å²) in [5, 5.41) is 0. The van der Waals surface area contributed by atoms with E-state index in [1.165, 1.54) is 0 Å². The van der Waals surface area contributed by atoms with E-state index in [1.807, 2.05) is 27.7 Å². The molecule has 24 heavy (non-hydrogen) atoms. The van der Waals surface area contributed by atoms with Gasteiger partial charge in [0, 0.05) is 18.4 Å². The quantitative estimate of drug-likeness (QED) is 0.529. The van der Waals surface area contributed by atoms with Crippen molar-refractivity contribution in [2.75, 3.05) is 25.7 Å². The van der Waals surface area contributed by atoms with Gasteiger partial charge in [0.15, 0.2) is 11.6 Å². The molecule has 4 heterocycles. The second-order valence-electron chi connectivity index (χ2n) is 9.01. The monoisotopic (exact) mass is 411 g/mol. The van der Waals surface area contributed by atoms with Crippen molar-refractivity contribution in [2.24, 2.45) is 0 Å². The average Bonchev–Trinajstić information content (AvgIpc) is 2.92. The largest absolute Gasteiger partial charge is 0.344 e. The molecule has 0 aliphatic carbocycles. The number of rotatable bonds is 1. The third-order valence-electron chi connectivity index (χ3n) is 5.83. The predicted molar refractivity (Wildman–Crippen MR) is 107 cm³/mol. The Bertz CT molecular complexity index is 609. The number of thiol groups is 1. The van der Waals surface area contributed by atoms with Crippen LogP contribution in [0.4, 0.5) is 0 Å². The number of ether oxygens (including phenoxy) is 4. The Morgan fingerprint density at radius 1 is 1.00 bits per heavy atom. The zero-order chi connectivity index (χ0) is 17.7. The van der Waals surface area contributed by atoms with E-state index in [0.29, 0.717) is 11.3 Å².